The van der Waals surface area contributed by atoms with Gasteiger partial charge in [0, 0.05) is 18.4 Å². The van der Waals surface area contributed by atoms with Crippen LogP contribution in [0, 0.1) is 0 Å². The molecule has 2 aromatic carbocycles. The molecule has 0 unspecified atom stereocenters. The van der Waals surface area contributed by atoms with Gasteiger partial charge in [0.25, 0.3) is 0 Å². The van der Waals surface area contributed by atoms with E-state index in [9.17, 15) is 27.6 Å². The molecule has 0 aliphatic rings. The van der Waals surface area contributed by atoms with Crippen molar-refractivity contribution in [3.05, 3.63) is 59.9 Å². The van der Waals surface area contributed by atoms with Gasteiger partial charge in [0.05, 0.1) is 29.3 Å². The summed E-state index contributed by atoms with van der Waals surface area (Å²) in [6.07, 6.45) is -4.52. The highest BCUT2D eigenvalue weighted by Gasteiger charge is 2.38. The summed E-state index contributed by atoms with van der Waals surface area (Å²) in [7, 11) is -4.48. The molecule has 2 aromatic heterocycles. The molecule has 0 saturated carbocycles. The number of para-hydroxylation sites is 1. The normalized spacial score (nSPS) is 15.4. The van der Waals surface area contributed by atoms with Crippen LogP contribution in [0.25, 0.3) is 21.9 Å². The zero-order chi connectivity index (χ0) is 35.3. The molecule has 0 radical (unpaired) electrons. The molecule has 0 amide bonds. The molecular weight excluding hydrogens is 654 g/mol. The van der Waals surface area contributed by atoms with Gasteiger partial charge in [0.2, 0.25) is 0 Å². The number of rotatable bonds is 16. The number of nitrogen functional groups attached to an aromatic ring is 1. The first kappa shape index (κ1) is 37.1. The van der Waals surface area contributed by atoms with Crippen molar-refractivity contribution in [2.24, 2.45) is 0 Å². The van der Waals surface area contributed by atoms with Gasteiger partial charge in [-0.1, -0.05) is 31.5 Å². The van der Waals surface area contributed by atoms with Crippen LogP contribution in [-0.2, 0) is 41.9 Å². The van der Waals surface area contributed by atoms with Crippen molar-refractivity contribution >= 4 is 41.5 Å². The molecule has 262 valence electrons. The summed E-state index contributed by atoms with van der Waals surface area (Å²) in [5, 5.41) is 15.6. The summed E-state index contributed by atoms with van der Waals surface area (Å²) < 4.78 is 77.4. The van der Waals surface area contributed by atoms with E-state index in [2.05, 4.69) is 10.1 Å². The topological polar surface area (TPSA) is 160 Å². The lowest BCUT2D eigenvalue weighted by atomic mass is 10.0. The van der Waals surface area contributed by atoms with E-state index < -0.39 is 43.3 Å². The van der Waals surface area contributed by atoms with Gasteiger partial charge in [-0.05, 0) is 64.4 Å². The summed E-state index contributed by atoms with van der Waals surface area (Å²) in [5.74, 6) is -0.423. The number of imidazole rings is 1. The number of pyridine rings is 1. The molecule has 16 heteroatoms. The first-order valence-electron chi connectivity index (χ1n) is 15.6. The van der Waals surface area contributed by atoms with Crippen molar-refractivity contribution in [3.8, 4) is 5.75 Å². The number of halogens is 3. The second kappa shape index (κ2) is 15.2. The Morgan fingerprint density at radius 2 is 1.75 bits per heavy atom. The van der Waals surface area contributed by atoms with Crippen LogP contribution in [0.15, 0.2) is 48.5 Å². The number of esters is 1. The van der Waals surface area contributed by atoms with Crippen molar-refractivity contribution in [1.82, 2.24) is 19.6 Å². The Morgan fingerprint density at radius 3 is 2.38 bits per heavy atom. The quantitative estimate of drug-likeness (QED) is 0.0846. The van der Waals surface area contributed by atoms with E-state index in [-0.39, 0.29) is 37.6 Å². The molecule has 4 rings (SSSR count). The number of ether oxygens (including phenoxy) is 2. The number of fused-ring (bicyclic) bond motifs is 3. The van der Waals surface area contributed by atoms with Gasteiger partial charge in [-0.15, -0.1) is 0 Å². The number of carbonyl (C=O) groups is 1. The highest BCUT2D eigenvalue weighted by Crippen LogP contribution is 2.46. The Bertz CT molecular complexity index is 1770. The number of hydrogen-bond donors (Lipinski definition) is 3. The van der Waals surface area contributed by atoms with E-state index in [1.54, 1.807) is 24.5 Å². The molecule has 0 bridgehead atoms. The highest BCUT2D eigenvalue weighted by molar-refractivity contribution is 7.52. The van der Waals surface area contributed by atoms with Crippen LogP contribution in [0.2, 0.25) is 0 Å². The predicted octanol–water partition coefficient (Wildman–Crippen LogP) is 6.69. The number of alkyl halides is 3. The van der Waals surface area contributed by atoms with E-state index in [0.717, 1.165) is 24.3 Å². The second-order valence-corrected chi connectivity index (χ2v) is 13.2. The Hall–Kier alpha value is -3.75. The predicted molar refractivity (Wildman–Crippen MR) is 174 cm³/mol. The SMILES string of the molecule is CCC[C@](O)(CCO[P@](=O)(N[C@@H](C)C(=O)OC(C)C)Oc1ccc(C(F)(F)F)cc1)n1c(COCC)nc2c(N)nc3ccccc3c21. The van der Waals surface area contributed by atoms with Crippen molar-refractivity contribution < 1.29 is 46.2 Å². The fourth-order valence-electron chi connectivity index (χ4n) is 5.22. The first-order valence-corrected chi connectivity index (χ1v) is 17.1. The van der Waals surface area contributed by atoms with Crippen molar-refractivity contribution in [3.63, 3.8) is 0 Å². The maximum Gasteiger partial charge on any atom is 0.459 e. The Morgan fingerprint density at radius 1 is 1.06 bits per heavy atom. The number of anilines is 1. The van der Waals surface area contributed by atoms with E-state index in [4.69, 9.17) is 29.2 Å². The lowest BCUT2D eigenvalue weighted by molar-refractivity contribution is -0.149. The van der Waals surface area contributed by atoms with Gasteiger partial charge in [-0.2, -0.15) is 18.3 Å². The average molecular weight is 696 g/mol. The zero-order valence-electron chi connectivity index (χ0n) is 27.4. The monoisotopic (exact) mass is 695 g/mol. The number of aliphatic hydroxyl groups is 1. The summed E-state index contributed by atoms with van der Waals surface area (Å²) in [4.78, 5) is 21.7. The summed E-state index contributed by atoms with van der Waals surface area (Å²) in [6.45, 7) is 8.39. The standard InChI is InChI=1S/C32H41F3N5O7P/c1-6-16-31(42,40-26(19-44-7-2)38-27-28(40)24-10-8-9-11-25(24)37-29(27)36)17-18-45-48(43,39-21(5)30(41)46-20(3)4)47-23-14-12-22(13-15-23)32(33,34)35/h8-15,20-21,42H,6-7,16-19H2,1-5H3,(H2,36,37)(H,39,43)/t21-,31-,48+/m0/s1. The largest absolute Gasteiger partial charge is 0.462 e. The fourth-order valence-corrected chi connectivity index (χ4v) is 6.71. The summed E-state index contributed by atoms with van der Waals surface area (Å²) in [5.41, 5.74) is 5.18. The fraction of sp³-hybridized carbons (Fsp3) is 0.469. The molecule has 0 saturated heterocycles. The molecule has 0 aliphatic carbocycles. The molecule has 2 heterocycles. The number of nitrogens with zero attached hydrogens (tertiary/aromatic N) is 3. The molecule has 0 aliphatic heterocycles. The number of benzene rings is 2. The molecule has 4 N–H and O–H groups in total. The van der Waals surface area contributed by atoms with Crippen LogP contribution >= 0.6 is 7.75 Å². The minimum atomic E-state index is -4.60. The van der Waals surface area contributed by atoms with Gasteiger partial charge in [-0.25, -0.2) is 14.5 Å². The van der Waals surface area contributed by atoms with Crippen LogP contribution in [0.5, 0.6) is 5.75 Å². The third-order valence-electron chi connectivity index (χ3n) is 7.32. The van der Waals surface area contributed by atoms with E-state index >= 15 is 0 Å². The van der Waals surface area contributed by atoms with Gasteiger partial charge < -0.3 is 24.8 Å². The Balaban J connectivity index is 1.71. The summed E-state index contributed by atoms with van der Waals surface area (Å²) in [6, 6.07) is 9.59. The van der Waals surface area contributed by atoms with Crippen LogP contribution in [0.3, 0.4) is 0 Å². The Labute approximate surface area is 276 Å². The molecular formula is C32H41F3N5O7P. The molecule has 12 nitrogen and oxygen atoms in total. The number of aromatic nitrogens is 3. The average Bonchev–Trinajstić information content (AvgIpc) is 3.41. The lowest BCUT2D eigenvalue weighted by Gasteiger charge is -2.33. The summed E-state index contributed by atoms with van der Waals surface area (Å²) >= 11 is 0. The molecule has 0 fully saturated rings. The second-order valence-electron chi connectivity index (χ2n) is 11.5. The first-order chi connectivity index (χ1) is 22.6. The maximum absolute atomic E-state index is 14.1. The highest BCUT2D eigenvalue weighted by atomic mass is 31.2. The minimum Gasteiger partial charge on any atom is -0.462 e. The van der Waals surface area contributed by atoms with Crippen molar-refractivity contribution in [2.75, 3.05) is 18.9 Å². The zero-order valence-corrected chi connectivity index (χ0v) is 28.3. The third kappa shape index (κ3) is 8.63. The van der Waals surface area contributed by atoms with Gasteiger partial charge >= 0.3 is 19.9 Å². The van der Waals surface area contributed by atoms with Crippen LogP contribution in [0.1, 0.15) is 65.3 Å². The molecule has 4 aromatic rings. The number of nitrogens with two attached hydrogens (primary N) is 1. The smallest absolute Gasteiger partial charge is 0.459 e. The number of hydrogen-bond acceptors (Lipinski definition) is 10. The van der Waals surface area contributed by atoms with Gasteiger partial charge in [0.1, 0.15) is 35.5 Å². The molecule has 3 atom stereocenters. The third-order valence-corrected chi connectivity index (χ3v) is 9.00. The van der Waals surface area contributed by atoms with Crippen LogP contribution in [-0.4, -0.2) is 51.0 Å². The molecule has 48 heavy (non-hydrogen) atoms. The van der Waals surface area contributed by atoms with Crippen LogP contribution < -0.4 is 15.3 Å². The van der Waals surface area contributed by atoms with Gasteiger partial charge in [-0.3, -0.25) is 13.9 Å². The maximum atomic E-state index is 14.1. The van der Waals surface area contributed by atoms with Crippen LogP contribution in [0.4, 0.5) is 19.0 Å². The number of carbonyl (C=O) groups excluding carboxylic acids is 1. The molecule has 0 spiro atoms. The van der Waals surface area contributed by atoms with E-state index in [0.29, 0.717) is 40.8 Å². The van der Waals surface area contributed by atoms with Crippen molar-refractivity contribution in [2.45, 2.75) is 84.5 Å². The van der Waals surface area contributed by atoms with E-state index in [1.165, 1.54) is 6.92 Å². The minimum absolute atomic E-state index is 0.0401. The van der Waals surface area contributed by atoms with Gasteiger partial charge in [0.15, 0.2) is 5.82 Å². The lowest BCUT2D eigenvalue weighted by Crippen LogP contribution is -2.38. The van der Waals surface area contributed by atoms with E-state index in [1.807, 2.05) is 32.0 Å². The Kier molecular flexibility index (Phi) is 11.7. The number of nitrogens with one attached hydrogen (secondary N) is 1. The van der Waals surface area contributed by atoms with Crippen molar-refractivity contribution in [1.29, 1.82) is 0 Å².